The smallest absolute Gasteiger partial charge is 0.349 e. The molecule has 0 aliphatic carbocycles. The molecule has 0 fully saturated rings. The van der Waals surface area contributed by atoms with Gasteiger partial charge >= 0.3 is 5.97 Å². The molecule has 15 heavy (non-hydrogen) atoms. The number of carbonyl (C=O) groups is 1. The van der Waals surface area contributed by atoms with E-state index in [2.05, 4.69) is 0 Å². The topological polar surface area (TPSA) is 81.3 Å². The number of carboxylic acids is 1. The molecule has 0 radical (unpaired) electrons. The Hall–Kier alpha value is -2.28. The maximum atomic E-state index is 10.5. The van der Waals surface area contributed by atoms with Crippen molar-refractivity contribution in [2.24, 2.45) is 0 Å². The molecular weight excluding hydrogens is 194 g/mol. The fourth-order valence-electron chi connectivity index (χ4n) is 1.11. The van der Waals surface area contributed by atoms with Gasteiger partial charge < -0.3 is 10.2 Å². The van der Waals surface area contributed by atoms with E-state index >= 15 is 0 Å². The third-order valence-corrected chi connectivity index (χ3v) is 1.83. The molecule has 0 amide bonds. The fourth-order valence-corrected chi connectivity index (χ4v) is 1.11. The summed E-state index contributed by atoms with van der Waals surface area (Å²) in [6.07, 6.45) is 0.0516. The first-order valence-corrected chi connectivity index (χ1v) is 4.24. The Morgan fingerprint density at radius 3 is 2.33 bits per heavy atom. The standard InChI is InChI=1S/C11H9NO3/c12-7-9(11(14)15)10(13)6-8-4-2-1-3-5-8/h1-5,13H,6H2,(H,14,15)/b10-9+. The normalized spacial score (nSPS) is 11.4. The van der Waals surface area contributed by atoms with Crippen LogP contribution < -0.4 is 0 Å². The summed E-state index contributed by atoms with van der Waals surface area (Å²) in [4.78, 5) is 10.5. The van der Waals surface area contributed by atoms with Gasteiger partial charge in [0.1, 0.15) is 11.8 Å². The molecule has 1 aromatic rings. The molecule has 0 saturated heterocycles. The lowest BCUT2D eigenvalue weighted by molar-refractivity contribution is -0.132. The maximum Gasteiger partial charge on any atom is 0.349 e. The summed E-state index contributed by atoms with van der Waals surface area (Å²) in [5, 5.41) is 26.5. The highest BCUT2D eigenvalue weighted by Gasteiger charge is 2.13. The van der Waals surface area contributed by atoms with Crippen LogP contribution in [0.1, 0.15) is 5.56 Å². The van der Waals surface area contributed by atoms with E-state index in [-0.39, 0.29) is 6.42 Å². The van der Waals surface area contributed by atoms with Gasteiger partial charge in [0.2, 0.25) is 0 Å². The predicted octanol–water partition coefficient (Wildman–Crippen LogP) is 1.65. The number of rotatable bonds is 3. The molecule has 1 rings (SSSR count). The molecule has 0 saturated carbocycles. The molecule has 4 nitrogen and oxygen atoms in total. The van der Waals surface area contributed by atoms with E-state index in [1.54, 1.807) is 24.3 Å². The van der Waals surface area contributed by atoms with Crippen LogP contribution in [0.2, 0.25) is 0 Å². The number of benzene rings is 1. The fraction of sp³-hybridized carbons (Fsp3) is 0.0909. The lowest BCUT2D eigenvalue weighted by Crippen LogP contribution is -2.04. The van der Waals surface area contributed by atoms with Crippen molar-refractivity contribution in [2.45, 2.75) is 6.42 Å². The van der Waals surface area contributed by atoms with Crippen molar-refractivity contribution in [3.63, 3.8) is 0 Å². The summed E-state index contributed by atoms with van der Waals surface area (Å²) < 4.78 is 0. The molecule has 1 aromatic carbocycles. The molecule has 4 heteroatoms. The van der Waals surface area contributed by atoms with Crippen molar-refractivity contribution >= 4 is 5.97 Å². The zero-order valence-electron chi connectivity index (χ0n) is 7.84. The van der Waals surface area contributed by atoms with E-state index in [9.17, 15) is 9.90 Å². The average molecular weight is 203 g/mol. The molecule has 0 aliphatic heterocycles. The minimum absolute atomic E-state index is 0.0516. The largest absolute Gasteiger partial charge is 0.510 e. The van der Waals surface area contributed by atoms with E-state index in [0.717, 1.165) is 5.56 Å². The summed E-state index contributed by atoms with van der Waals surface area (Å²) in [6, 6.07) is 10.3. The van der Waals surface area contributed by atoms with E-state index in [1.165, 1.54) is 6.07 Å². The van der Waals surface area contributed by atoms with Crippen molar-refractivity contribution in [2.75, 3.05) is 0 Å². The van der Waals surface area contributed by atoms with Gasteiger partial charge in [-0.25, -0.2) is 4.79 Å². The Balaban J connectivity index is 2.92. The van der Waals surface area contributed by atoms with E-state index in [1.807, 2.05) is 6.07 Å². The van der Waals surface area contributed by atoms with Crippen molar-refractivity contribution < 1.29 is 15.0 Å². The minimum Gasteiger partial charge on any atom is -0.510 e. The van der Waals surface area contributed by atoms with Gasteiger partial charge in [0.15, 0.2) is 5.57 Å². The van der Waals surface area contributed by atoms with Gasteiger partial charge in [-0.2, -0.15) is 5.26 Å². The molecule has 0 aromatic heterocycles. The number of hydrogen-bond acceptors (Lipinski definition) is 3. The minimum atomic E-state index is -1.41. The van der Waals surface area contributed by atoms with Crippen molar-refractivity contribution in [3.05, 3.63) is 47.2 Å². The van der Waals surface area contributed by atoms with Crippen LogP contribution in [0.4, 0.5) is 0 Å². The highest BCUT2D eigenvalue weighted by molar-refractivity contribution is 5.91. The van der Waals surface area contributed by atoms with Crippen molar-refractivity contribution in [3.8, 4) is 6.07 Å². The second-order valence-corrected chi connectivity index (χ2v) is 2.90. The molecule has 76 valence electrons. The van der Waals surface area contributed by atoms with Crippen molar-refractivity contribution in [1.29, 1.82) is 5.26 Å². The number of nitriles is 1. The van der Waals surface area contributed by atoms with Gasteiger partial charge in [-0.1, -0.05) is 30.3 Å². The van der Waals surface area contributed by atoms with Crippen molar-refractivity contribution in [1.82, 2.24) is 0 Å². The second kappa shape index (κ2) is 4.82. The van der Waals surface area contributed by atoms with Gasteiger partial charge in [-0.05, 0) is 5.56 Å². The Morgan fingerprint density at radius 2 is 1.87 bits per heavy atom. The molecule has 0 spiro atoms. The third-order valence-electron chi connectivity index (χ3n) is 1.83. The summed E-state index contributed by atoms with van der Waals surface area (Å²) >= 11 is 0. The number of hydrogen-bond donors (Lipinski definition) is 2. The Morgan fingerprint density at radius 1 is 1.27 bits per heavy atom. The van der Waals surface area contributed by atoms with E-state index in [0.29, 0.717) is 0 Å². The first-order valence-electron chi connectivity index (χ1n) is 4.24. The zero-order valence-corrected chi connectivity index (χ0v) is 7.84. The average Bonchev–Trinajstić information content (AvgIpc) is 2.19. The van der Waals surface area contributed by atoms with Crippen LogP contribution in [-0.2, 0) is 11.2 Å². The van der Waals surface area contributed by atoms with Gasteiger partial charge in [-0.3, -0.25) is 0 Å². The molecule has 0 bridgehead atoms. The lowest BCUT2D eigenvalue weighted by atomic mass is 10.1. The Bertz CT molecular complexity index is 429. The van der Waals surface area contributed by atoms with Crippen LogP contribution in [-0.4, -0.2) is 16.2 Å². The summed E-state index contributed by atoms with van der Waals surface area (Å²) in [6.45, 7) is 0. The van der Waals surface area contributed by atoms with Gasteiger partial charge in [0.05, 0.1) is 0 Å². The summed E-state index contributed by atoms with van der Waals surface area (Å²) in [5.74, 6) is -1.83. The molecular formula is C11H9NO3. The number of aliphatic hydroxyl groups is 1. The molecule has 2 N–H and O–H groups in total. The number of aliphatic carboxylic acids is 1. The van der Waals surface area contributed by atoms with Crippen LogP contribution >= 0.6 is 0 Å². The quantitative estimate of drug-likeness (QED) is 0.444. The Kier molecular flexibility index (Phi) is 3.47. The summed E-state index contributed by atoms with van der Waals surface area (Å²) in [5.41, 5.74) is 0.142. The van der Waals surface area contributed by atoms with Crippen LogP contribution in [0.15, 0.2) is 41.7 Å². The van der Waals surface area contributed by atoms with E-state index < -0.39 is 17.3 Å². The highest BCUT2D eigenvalue weighted by atomic mass is 16.4. The van der Waals surface area contributed by atoms with Crippen LogP contribution in [0.25, 0.3) is 0 Å². The van der Waals surface area contributed by atoms with E-state index in [4.69, 9.17) is 10.4 Å². The predicted molar refractivity (Wildman–Crippen MR) is 53.0 cm³/mol. The first-order chi connectivity index (χ1) is 7.15. The van der Waals surface area contributed by atoms with Crippen LogP contribution in [0, 0.1) is 11.3 Å². The van der Waals surface area contributed by atoms with Gasteiger partial charge in [0.25, 0.3) is 0 Å². The van der Waals surface area contributed by atoms with Gasteiger partial charge in [-0.15, -0.1) is 0 Å². The zero-order chi connectivity index (χ0) is 11.3. The number of carboxylic acid groups (broad SMARTS) is 1. The number of nitrogens with zero attached hydrogens (tertiary/aromatic N) is 1. The molecule has 0 unspecified atom stereocenters. The SMILES string of the molecule is N#C/C(C(=O)O)=C(\O)Cc1ccccc1. The van der Waals surface area contributed by atoms with Crippen LogP contribution in [0.5, 0.6) is 0 Å². The highest BCUT2D eigenvalue weighted by Crippen LogP contribution is 2.09. The molecule has 0 atom stereocenters. The second-order valence-electron chi connectivity index (χ2n) is 2.90. The number of allylic oxidation sites excluding steroid dienone is 1. The first kappa shape index (κ1) is 10.8. The summed E-state index contributed by atoms with van der Waals surface area (Å²) in [7, 11) is 0. The van der Waals surface area contributed by atoms with Crippen LogP contribution in [0.3, 0.4) is 0 Å². The molecule has 0 aliphatic rings. The third kappa shape index (κ3) is 2.85. The van der Waals surface area contributed by atoms with Gasteiger partial charge in [0, 0.05) is 6.42 Å². The number of aliphatic hydroxyl groups excluding tert-OH is 1. The molecule has 0 heterocycles. The lowest BCUT2D eigenvalue weighted by Gasteiger charge is -2.01. The Labute approximate surface area is 86.7 Å². The monoisotopic (exact) mass is 203 g/mol. The maximum absolute atomic E-state index is 10.5.